The molecule has 1 heterocycles. The number of hydrogen-bond donors (Lipinski definition) is 2. The smallest absolute Gasteiger partial charge is 0.244 e. The van der Waals surface area contributed by atoms with Crippen LogP contribution in [0.1, 0.15) is 34.1 Å². The summed E-state index contributed by atoms with van der Waals surface area (Å²) in [7, 11) is -3.83. The van der Waals surface area contributed by atoms with E-state index in [1.54, 1.807) is 20.0 Å². The van der Waals surface area contributed by atoms with Crippen LogP contribution in [0, 0.1) is 34.6 Å². The summed E-state index contributed by atoms with van der Waals surface area (Å²) in [6.45, 7) is 10.7. The highest BCUT2D eigenvalue weighted by Gasteiger charge is 2.26. The molecule has 2 N–H and O–H groups in total. The fourth-order valence-corrected chi connectivity index (χ4v) is 5.04. The first kappa shape index (κ1) is 19.6. The van der Waals surface area contributed by atoms with Crippen molar-refractivity contribution in [2.45, 2.75) is 52.5 Å². The molecule has 2 rings (SSSR count). The summed E-state index contributed by atoms with van der Waals surface area (Å²) >= 11 is 1.34. The summed E-state index contributed by atoms with van der Waals surface area (Å²) in [6, 6.07) is 1.04. The number of hydrogen-bond acceptors (Lipinski definition) is 5. The Morgan fingerprint density at radius 3 is 2.16 bits per heavy atom. The minimum Gasteiger partial charge on any atom is -0.301 e. The van der Waals surface area contributed by atoms with Crippen LogP contribution in [0.5, 0.6) is 0 Å². The second-order valence-corrected chi connectivity index (χ2v) is 9.08. The van der Waals surface area contributed by atoms with Crippen LogP contribution in [-0.2, 0) is 14.8 Å². The number of benzene rings is 1. The Hall–Kier alpha value is -1.77. The molecule has 1 atom stereocenters. The zero-order chi connectivity index (χ0) is 18.9. The van der Waals surface area contributed by atoms with Gasteiger partial charge in [-0.25, -0.2) is 13.4 Å². The lowest BCUT2D eigenvalue weighted by molar-refractivity contribution is -0.117. The second-order valence-electron chi connectivity index (χ2n) is 6.20. The topological polar surface area (TPSA) is 88.2 Å². The van der Waals surface area contributed by atoms with Gasteiger partial charge in [-0.05, 0) is 63.8 Å². The van der Waals surface area contributed by atoms with Crippen LogP contribution >= 0.6 is 11.3 Å². The summed E-state index contributed by atoms with van der Waals surface area (Å²) in [4.78, 5) is 17.5. The molecule has 25 heavy (non-hydrogen) atoms. The number of carbonyl (C=O) groups excluding carboxylic acids is 1. The van der Waals surface area contributed by atoms with Gasteiger partial charge in [0.25, 0.3) is 0 Å². The molecule has 0 aliphatic rings. The quantitative estimate of drug-likeness (QED) is 0.833. The van der Waals surface area contributed by atoms with Crippen molar-refractivity contribution in [3.63, 3.8) is 0 Å². The summed E-state index contributed by atoms with van der Waals surface area (Å²) < 4.78 is 28.2. The summed E-state index contributed by atoms with van der Waals surface area (Å²) in [5.41, 5.74) is 3.19. The number of nitrogens with zero attached hydrogens (tertiary/aromatic N) is 1. The largest absolute Gasteiger partial charge is 0.301 e. The molecular formula is C17H23N3O3S2. The fraction of sp³-hybridized carbons (Fsp3) is 0.412. The zero-order valence-corrected chi connectivity index (χ0v) is 16.9. The first-order valence-electron chi connectivity index (χ1n) is 7.86. The molecule has 136 valence electrons. The molecule has 1 aromatic heterocycles. The van der Waals surface area contributed by atoms with Crippen molar-refractivity contribution >= 4 is 32.4 Å². The van der Waals surface area contributed by atoms with Gasteiger partial charge >= 0.3 is 0 Å². The molecule has 2 aromatic rings. The zero-order valence-electron chi connectivity index (χ0n) is 15.2. The standard InChI is InChI=1S/C17H23N3O3S2/c1-9-7-10(2)13(5)15(12(9)4)25(22,23)20-14(6)16(21)19-17-18-8-11(3)24-17/h7-8,14,20H,1-6H3,(H,18,19,21)/t14-/m0/s1. The van der Waals surface area contributed by atoms with Gasteiger partial charge in [0, 0.05) is 11.1 Å². The number of aryl methyl sites for hydroxylation is 3. The third-order valence-corrected chi connectivity index (χ3v) is 6.78. The summed E-state index contributed by atoms with van der Waals surface area (Å²) in [5, 5.41) is 3.08. The van der Waals surface area contributed by atoms with Crippen molar-refractivity contribution in [2.24, 2.45) is 0 Å². The predicted octanol–water partition coefficient (Wildman–Crippen LogP) is 2.99. The molecule has 0 aliphatic heterocycles. The Balaban J connectivity index is 2.25. The minimum absolute atomic E-state index is 0.245. The van der Waals surface area contributed by atoms with Gasteiger partial charge in [-0.15, -0.1) is 11.3 Å². The molecule has 0 unspecified atom stereocenters. The highest BCUT2D eigenvalue weighted by atomic mass is 32.2. The number of sulfonamides is 1. The average molecular weight is 382 g/mol. The van der Waals surface area contributed by atoms with Crippen LogP contribution in [0.2, 0.25) is 0 Å². The first-order chi connectivity index (χ1) is 11.5. The van der Waals surface area contributed by atoms with Gasteiger partial charge in [-0.2, -0.15) is 4.72 Å². The Morgan fingerprint density at radius 2 is 1.68 bits per heavy atom. The Bertz CT molecular complexity index is 891. The molecule has 1 aromatic carbocycles. The van der Waals surface area contributed by atoms with E-state index < -0.39 is 22.0 Å². The normalized spacial score (nSPS) is 12.9. The van der Waals surface area contributed by atoms with E-state index in [1.165, 1.54) is 18.3 Å². The Labute approximate surface area is 152 Å². The molecule has 0 spiro atoms. The highest BCUT2D eigenvalue weighted by molar-refractivity contribution is 7.89. The maximum absolute atomic E-state index is 12.8. The van der Waals surface area contributed by atoms with Gasteiger partial charge in [0.1, 0.15) is 0 Å². The second kappa shape index (κ2) is 7.23. The molecular weight excluding hydrogens is 358 g/mol. The third kappa shape index (κ3) is 4.26. The van der Waals surface area contributed by atoms with E-state index in [2.05, 4.69) is 15.0 Å². The Morgan fingerprint density at radius 1 is 1.12 bits per heavy atom. The third-order valence-electron chi connectivity index (χ3n) is 4.14. The van der Waals surface area contributed by atoms with Gasteiger partial charge in [-0.1, -0.05) is 6.07 Å². The van der Waals surface area contributed by atoms with Crippen LogP contribution in [-0.4, -0.2) is 25.4 Å². The number of aromatic nitrogens is 1. The van der Waals surface area contributed by atoms with Gasteiger partial charge in [0.2, 0.25) is 15.9 Å². The first-order valence-corrected chi connectivity index (χ1v) is 10.2. The molecule has 8 heteroatoms. The maximum atomic E-state index is 12.8. The molecule has 1 amide bonds. The van der Waals surface area contributed by atoms with Crippen LogP contribution in [0.15, 0.2) is 17.2 Å². The SMILES string of the molecule is Cc1cnc(NC(=O)[C@H](C)NS(=O)(=O)c2c(C)c(C)cc(C)c2C)s1. The number of thiazole rings is 1. The molecule has 0 fully saturated rings. The van der Waals surface area contributed by atoms with Gasteiger partial charge < -0.3 is 5.32 Å². The fourth-order valence-electron chi connectivity index (χ4n) is 2.56. The van der Waals surface area contributed by atoms with Crippen LogP contribution in [0.25, 0.3) is 0 Å². The van der Waals surface area contributed by atoms with Gasteiger partial charge in [-0.3, -0.25) is 4.79 Å². The van der Waals surface area contributed by atoms with Crippen LogP contribution < -0.4 is 10.0 Å². The lowest BCUT2D eigenvalue weighted by atomic mass is 10.0. The summed E-state index contributed by atoms with van der Waals surface area (Å²) in [6.07, 6.45) is 1.65. The van der Waals surface area contributed by atoms with E-state index in [0.29, 0.717) is 16.3 Å². The number of nitrogens with one attached hydrogen (secondary N) is 2. The van der Waals surface area contributed by atoms with E-state index in [0.717, 1.165) is 16.0 Å². The minimum atomic E-state index is -3.83. The lowest BCUT2D eigenvalue weighted by Crippen LogP contribution is -2.42. The van der Waals surface area contributed by atoms with Crippen LogP contribution in [0.3, 0.4) is 0 Å². The number of carbonyl (C=O) groups is 1. The van der Waals surface area contributed by atoms with E-state index in [9.17, 15) is 13.2 Å². The number of rotatable bonds is 5. The lowest BCUT2D eigenvalue weighted by Gasteiger charge is -2.18. The average Bonchev–Trinajstić information content (AvgIpc) is 2.89. The van der Waals surface area contributed by atoms with Crippen molar-refractivity contribution in [1.29, 1.82) is 0 Å². The van der Waals surface area contributed by atoms with Crippen molar-refractivity contribution < 1.29 is 13.2 Å². The number of anilines is 1. The predicted molar refractivity (Wildman–Crippen MR) is 101 cm³/mol. The van der Waals surface area contributed by atoms with E-state index in [-0.39, 0.29) is 4.90 Å². The molecule has 0 saturated heterocycles. The highest BCUT2D eigenvalue weighted by Crippen LogP contribution is 2.26. The van der Waals surface area contributed by atoms with Gasteiger partial charge in [0.15, 0.2) is 5.13 Å². The molecule has 6 nitrogen and oxygen atoms in total. The monoisotopic (exact) mass is 381 g/mol. The molecule has 0 saturated carbocycles. The van der Waals surface area contributed by atoms with Crippen molar-refractivity contribution in [1.82, 2.24) is 9.71 Å². The summed E-state index contributed by atoms with van der Waals surface area (Å²) in [5.74, 6) is -0.447. The van der Waals surface area contributed by atoms with E-state index in [1.807, 2.05) is 26.8 Å². The van der Waals surface area contributed by atoms with Crippen molar-refractivity contribution in [3.8, 4) is 0 Å². The van der Waals surface area contributed by atoms with Crippen molar-refractivity contribution in [3.05, 3.63) is 39.4 Å². The van der Waals surface area contributed by atoms with E-state index in [4.69, 9.17) is 0 Å². The Kier molecular flexibility index (Phi) is 5.65. The molecule has 0 radical (unpaired) electrons. The van der Waals surface area contributed by atoms with Crippen LogP contribution in [0.4, 0.5) is 5.13 Å². The van der Waals surface area contributed by atoms with Crippen molar-refractivity contribution in [2.75, 3.05) is 5.32 Å². The molecule has 0 bridgehead atoms. The van der Waals surface area contributed by atoms with Gasteiger partial charge in [0.05, 0.1) is 10.9 Å². The number of amides is 1. The molecule has 0 aliphatic carbocycles. The maximum Gasteiger partial charge on any atom is 0.244 e. The van der Waals surface area contributed by atoms with E-state index >= 15 is 0 Å².